The van der Waals surface area contributed by atoms with Crippen molar-refractivity contribution in [3.05, 3.63) is 93.3 Å². The fraction of sp³-hybridized carbons (Fsp3) is 0.150. The molecule has 1 atom stereocenters. The molecule has 0 aliphatic carbocycles. The zero-order valence-corrected chi connectivity index (χ0v) is 17.5. The van der Waals surface area contributed by atoms with E-state index in [4.69, 9.17) is 4.74 Å². The van der Waals surface area contributed by atoms with Gasteiger partial charge in [0.2, 0.25) is 0 Å². The van der Waals surface area contributed by atoms with Gasteiger partial charge in [-0.15, -0.1) is 11.3 Å². The fourth-order valence-electron chi connectivity index (χ4n) is 3.29. The van der Waals surface area contributed by atoms with Crippen molar-refractivity contribution < 1.29 is 14.5 Å². The first-order chi connectivity index (χ1) is 14.4. The van der Waals surface area contributed by atoms with E-state index in [0.29, 0.717) is 26.2 Å². The number of carbonyl (C=O) groups excluding carboxylic acids is 1. The maximum Gasteiger partial charge on any atom is 0.338 e. The first-order valence-corrected chi connectivity index (χ1v) is 10.5. The summed E-state index contributed by atoms with van der Waals surface area (Å²) in [6, 6.07) is 9.11. The van der Waals surface area contributed by atoms with Crippen LogP contribution in [0.1, 0.15) is 23.4 Å². The van der Waals surface area contributed by atoms with Gasteiger partial charge in [0, 0.05) is 17.0 Å². The molecule has 0 bridgehead atoms. The summed E-state index contributed by atoms with van der Waals surface area (Å²) >= 11 is 2.60. The molecule has 10 heteroatoms. The number of nitrogens with zero attached hydrogens (tertiary/aromatic N) is 3. The maximum atomic E-state index is 13.3. The van der Waals surface area contributed by atoms with Crippen molar-refractivity contribution in [3.8, 4) is 0 Å². The molecule has 1 aromatic carbocycles. The Hall–Kier alpha value is -3.37. The van der Waals surface area contributed by atoms with E-state index in [2.05, 4.69) is 4.99 Å². The van der Waals surface area contributed by atoms with Crippen molar-refractivity contribution in [2.75, 3.05) is 7.11 Å². The Bertz CT molecular complexity index is 1370. The largest absolute Gasteiger partial charge is 0.466 e. The number of ether oxygens (including phenoxy) is 1. The molecule has 2 aromatic heterocycles. The Morgan fingerprint density at radius 1 is 1.33 bits per heavy atom. The van der Waals surface area contributed by atoms with Gasteiger partial charge in [-0.1, -0.05) is 29.5 Å². The van der Waals surface area contributed by atoms with Gasteiger partial charge in [0.15, 0.2) is 4.80 Å². The van der Waals surface area contributed by atoms with Gasteiger partial charge in [0.25, 0.3) is 11.2 Å². The van der Waals surface area contributed by atoms with E-state index in [0.717, 1.165) is 4.88 Å². The second-order valence-corrected chi connectivity index (χ2v) is 8.43. The van der Waals surface area contributed by atoms with Gasteiger partial charge in [-0.05, 0) is 30.0 Å². The highest BCUT2D eigenvalue weighted by molar-refractivity contribution is 7.10. The molecule has 0 spiro atoms. The highest BCUT2D eigenvalue weighted by Gasteiger charge is 2.33. The molecule has 1 unspecified atom stereocenters. The number of hydrogen-bond donors (Lipinski definition) is 0. The van der Waals surface area contributed by atoms with E-state index in [1.165, 1.54) is 46.5 Å². The number of aromatic nitrogens is 1. The molecule has 152 valence electrons. The summed E-state index contributed by atoms with van der Waals surface area (Å²) in [6.45, 7) is 1.71. The van der Waals surface area contributed by atoms with E-state index in [1.54, 1.807) is 25.1 Å². The van der Waals surface area contributed by atoms with Gasteiger partial charge < -0.3 is 4.74 Å². The zero-order chi connectivity index (χ0) is 21.4. The lowest BCUT2D eigenvalue weighted by Crippen LogP contribution is -2.39. The molecule has 0 fully saturated rings. The van der Waals surface area contributed by atoms with Crippen LogP contribution in [0, 0.1) is 10.1 Å². The van der Waals surface area contributed by atoms with Crippen molar-refractivity contribution in [3.63, 3.8) is 0 Å². The number of thiophene rings is 1. The molecule has 4 rings (SSSR count). The van der Waals surface area contributed by atoms with Crippen LogP contribution in [0.3, 0.4) is 0 Å². The van der Waals surface area contributed by atoms with Crippen LogP contribution in [0.15, 0.2) is 62.8 Å². The van der Waals surface area contributed by atoms with Crippen molar-refractivity contribution in [1.82, 2.24) is 4.57 Å². The van der Waals surface area contributed by atoms with E-state index in [-0.39, 0.29) is 11.2 Å². The van der Waals surface area contributed by atoms with Crippen LogP contribution >= 0.6 is 22.7 Å². The molecule has 8 nitrogen and oxygen atoms in total. The lowest BCUT2D eigenvalue weighted by atomic mass is 10.0. The van der Waals surface area contributed by atoms with Gasteiger partial charge in [-0.25, -0.2) is 9.79 Å². The standard InChI is InChI=1S/C20H15N3O5S2/c1-11-16(19(25)28-2)17(14-7-4-8-29-14)22-18(24)15(30-20(22)21-11)10-12-5-3-6-13(9-12)23(26)27/h3-10,17H,1-2H3. The molecular weight excluding hydrogens is 426 g/mol. The lowest BCUT2D eigenvalue weighted by molar-refractivity contribution is -0.384. The molecule has 3 heterocycles. The van der Waals surface area contributed by atoms with Crippen LogP contribution in [0.25, 0.3) is 6.08 Å². The zero-order valence-electron chi connectivity index (χ0n) is 15.9. The number of hydrogen-bond acceptors (Lipinski definition) is 8. The van der Waals surface area contributed by atoms with E-state index in [1.807, 2.05) is 17.5 Å². The van der Waals surface area contributed by atoms with Crippen LogP contribution < -0.4 is 14.9 Å². The van der Waals surface area contributed by atoms with Gasteiger partial charge in [-0.3, -0.25) is 19.5 Å². The van der Waals surface area contributed by atoms with Gasteiger partial charge in [-0.2, -0.15) is 0 Å². The minimum Gasteiger partial charge on any atom is -0.466 e. The topological polar surface area (TPSA) is 104 Å². The van der Waals surface area contributed by atoms with Crippen LogP contribution in [0.4, 0.5) is 5.69 Å². The Morgan fingerprint density at radius 3 is 2.80 bits per heavy atom. The Labute approximate surface area is 177 Å². The predicted octanol–water partition coefficient (Wildman–Crippen LogP) is 2.38. The van der Waals surface area contributed by atoms with Crippen molar-refractivity contribution >= 4 is 40.4 Å². The number of esters is 1. The Balaban J connectivity index is 1.94. The summed E-state index contributed by atoms with van der Waals surface area (Å²) in [5.41, 5.74) is 0.957. The molecular formula is C20H15N3O5S2. The average Bonchev–Trinajstić information content (AvgIpc) is 3.36. The molecule has 0 N–H and O–H groups in total. The number of carbonyl (C=O) groups is 1. The summed E-state index contributed by atoms with van der Waals surface area (Å²) < 4.78 is 6.80. The SMILES string of the molecule is COC(=O)C1=C(C)N=c2sc(=Cc3cccc([N+](=O)[O-])c3)c(=O)n2C1c1cccs1. The molecule has 0 saturated heterocycles. The maximum absolute atomic E-state index is 13.3. The third-order valence-electron chi connectivity index (χ3n) is 4.62. The molecule has 30 heavy (non-hydrogen) atoms. The van der Waals surface area contributed by atoms with Gasteiger partial charge >= 0.3 is 5.97 Å². The third-order valence-corrected chi connectivity index (χ3v) is 6.53. The van der Waals surface area contributed by atoms with E-state index < -0.39 is 16.9 Å². The van der Waals surface area contributed by atoms with Crippen molar-refractivity contribution in [2.24, 2.45) is 4.99 Å². The number of benzene rings is 1. The van der Waals surface area contributed by atoms with Crippen LogP contribution in [0.2, 0.25) is 0 Å². The second kappa shape index (κ2) is 7.81. The number of nitro groups is 1. The summed E-state index contributed by atoms with van der Waals surface area (Å²) in [5, 5.41) is 12.9. The molecule has 0 amide bonds. The van der Waals surface area contributed by atoms with E-state index >= 15 is 0 Å². The Morgan fingerprint density at radius 2 is 2.13 bits per heavy atom. The van der Waals surface area contributed by atoms with Crippen molar-refractivity contribution in [1.29, 1.82) is 0 Å². The van der Waals surface area contributed by atoms with Crippen molar-refractivity contribution in [2.45, 2.75) is 13.0 Å². The highest BCUT2D eigenvalue weighted by Crippen LogP contribution is 2.32. The van der Waals surface area contributed by atoms with E-state index in [9.17, 15) is 19.7 Å². The summed E-state index contributed by atoms with van der Waals surface area (Å²) in [7, 11) is 1.29. The average molecular weight is 441 g/mol. The highest BCUT2D eigenvalue weighted by atomic mass is 32.1. The fourth-order valence-corrected chi connectivity index (χ4v) is 5.16. The van der Waals surface area contributed by atoms with Gasteiger partial charge in [0.1, 0.15) is 6.04 Å². The quantitative estimate of drug-likeness (QED) is 0.351. The minimum absolute atomic E-state index is 0.0585. The third kappa shape index (κ3) is 3.40. The van der Waals surface area contributed by atoms with Crippen LogP contribution in [-0.4, -0.2) is 22.6 Å². The summed E-state index contributed by atoms with van der Waals surface area (Å²) in [6.07, 6.45) is 1.60. The second-order valence-electron chi connectivity index (χ2n) is 6.44. The normalized spacial score (nSPS) is 16.2. The smallest absolute Gasteiger partial charge is 0.338 e. The molecule has 3 aromatic rings. The molecule has 0 saturated carbocycles. The predicted molar refractivity (Wildman–Crippen MR) is 113 cm³/mol. The van der Waals surface area contributed by atoms with Crippen LogP contribution in [-0.2, 0) is 9.53 Å². The minimum atomic E-state index is -0.638. The summed E-state index contributed by atoms with van der Waals surface area (Å²) in [4.78, 5) is 42.1. The Kier molecular flexibility index (Phi) is 5.18. The number of methoxy groups -OCH3 is 1. The molecule has 1 aliphatic rings. The number of rotatable bonds is 4. The number of thiazole rings is 1. The van der Waals surface area contributed by atoms with Crippen LogP contribution in [0.5, 0.6) is 0 Å². The molecule has 1 aliphatic heterocycles. The number of non-ortho nitro benzene ring substituents is 1. The van der Waals surface area contributed by atoms with Gasteiger partial charge in [0.05, 0.1) is 27.8 Å². The number of fused-ring (bicyclic) bond motifs is 1. The number of nitro benzene ring substituents is 1. The monoisotopic (exact) mass is 441 g/mol. The number of allylic oxidation sites excluding steroid dienone is 1. The molecule has 0 radical (unpaired) electrons. The summed E-state index contributed by atoms with van der Waals surface area (Å²) in [5.74, 6) is -0.539. The first kappa shape index (κ1) is 19.9. The first-order valence-electron chi connectivity index (χ1n) is 8.79. The lowest BCUT2D eigenvalue weighted by Gasteiger charge is -2.22.